The monoisotopic (exact) mass is 343 g/mol. The number of aromatic nitrogens is 1. The summed E-state index contributed by atoms with van der Waals surface area (Å²) in [6, 6.07) is 7.27. The minimum atomic E-state index is -0.451. The zero-order valence-electron chi connectivity index (χ0n) is 14.7. The molecule has 132 valence electrons. The van der Waals surface area contributed by atoms with Crippen LogP contribution < -0.4 is 10.2 Å². The Morgan fingerprint density at radius 2 is 2.08 bits per heavy atom. The molecule has 25 heavy (non-hydrogen) atoms. The van der Waals surface area contributed by atoms with Crippen molar-refractivity contribution in [2.24, 2.45) is 5.10 Å². The number of benzene rings is 1. The van der Waals surface area contributed by atoms with E-state index in [1.807, 2.05) is 18.2 Å². The highest BCUT2D eigenvalue weighted by Gasteiger charge is 2.22. The van der Waals surface area contributed by atoms with Gasteiger partial charge in [0.2, 0.25) is 0 Å². The fourth-order valence-electron chi connectivity index (χ4n) is 2.43. The van der Waals surface area contributed by atoms with Crippen LogP contribution in [0.25, 0.3) is 0 Å². The van der Waals surface area contributed by atoms with E-state index in [2.05, 4.69) is 15.5 Å². The van der Waals surface area contributed by atoms with Gasteiger partial charge in [-0.1, -0.05) is 12.1 Å². The second-order valence-corrected chi connectivity index (χ2v) is 5.32. The van der Waals surface area contributed by atoms with E-state index in [9.17, 15) is 9.59 Å². The molecule has 0 saturated carbocycles. The Labute approximate surface area is 146 Å². The maximum atomic E-state index is 12.3. The molecule has 7 nitrogen and oxygen atoms in total. The van der Waals surface area contributed by atoms with E-state index in [4.69, 9.17) is 9.47 Å². The number of carbonyl (C=O) groups is 2. The number of H-pyrrole nitrogens is 1. The fraction of sp³-hybridized carbons (Fsp3) is 0.278. The molecular weight excluding hydrogens is 322 g/mol. The largest absolute Gasteiger partial charge is 0.497 e. The summed E-state index contributed by atoms with van der Waals surface area (Å²) in [6.45, 7) is 5.41. The minimum Gasteiger partial charge on any atom is -0.497 e. The maximum Gasteiger partial charge on any atom is 0.340 e. The molecule has 2 aromatic rings. The Balaban J connectivity index is 2.12. The lowest BCUT2D eigenvalue weighted by Gasteiger charge is -2.02. The van der Waals surface area contributed by atoms with Crippen molar-refractivity contribution in [1.82, 2.24) is 10.4 Å². The van der Waals surface area contributed by atoms with Crippen LogP contribution in [-0.2, 0) is 4.74 Å². The third-order valence-electron chi connectivity index (χ3n) is 3.62. The molecular formula is C18H21N3O4. The van der Waals surface area contributed by atoms with E-state index >= 15 is 0 Å². The van der Waals surface area contributed by atoms with Crippen LogP contribution in [0.1, 0.15) is 44.6 Å². The second-order valence-electron chi connectivity index (χ2n) is 5.32. The van der Waals surface area contributed by atoms with Crippen LogP contribution in [0.4, 0.5) is 0 Å². The molecule has 1 heterocycles. The molecule has 0 aliphatic carbocycles. The molecule has 0 radical (unpaired) electrons. The van der Waals surface area contributed by atoms with Crippen LogP contribution in [0.15, 0.2) is 29.4 Å². The zero-order valence-corrected chi connectivity index (χ0v) is 14.7. The number of carbonyl (C=O) groups excluding carboxylic acids is 2. The van der Waals surface area contributed by atoms with Gasteiger partial charge < -0.3 is 14.5 Å². The minimum absolute atomic E-state index is 0.273. The molecule has 2 N–H and O–H groups in total. The highest BCUT2D eigenvalue weighted by Crippen LogP contribution is 2.19. The summed E-state index contributed by atoms with van der Waals surface area (Å²) in [6.07, 6.45) is 1.51. The molecule has 0 unspecified atom stereocenters. The molecule has 1 aromatic carbocycles. The molecule has 0 atom stereocenters. The first-order valence-corrected chi connectivity index (χ1v) is 7.81. The molecule has 1 aromatic heterocycles. The average Bonchev–Trinajstić information content (AvgIpc) is 2.90. The number of hydrazone groups is 1. The van der Waals surface area contributed by atoms with Crippen LogP contribution >= 0.6 is 0 Å². The SMILES string of the molecule is CCOC(=O)c1c(C)[nH]c(C(=O)N/N=C/c2cccc(OC)c2)c1C. The van der Waals surface area contributed by atoms with E-state index in [0.29, 0.717) is 22.6 Å². The van der Waals surface area contributed by atoms with Gasteiger partial charge in [-0.05, 0) is 44.0 Å². The van der Waals surface area contributed by atoms with Gasteiger partial charge in [-0.2, -0.15) is 5.10 Å². The highest BCUT2D eigenvalue weighted by molar-refractivity contribution is 6.00. The standard InChI is InChI=1S/C18H21N3O4/c1-5-25-18(23)15-11(2)16(20-12(15)3)17(22)21-19-10-13-7-6-8-14(9-13)24-4/h6-10,20H,5H2,1-4H3,(H,21,22)/b19-10+. The highest BCUT2D eigenvalue weighted by atomic mass is 16.5. The normalized spacial score (nSPS) is 10.7. The van der Waals surface area contributed by atoms with Crippen LogP contribution in [0.5, 0.6) is 5.75 Å². The molecule has 2 rings (SSSR count). The summed E-state index contributed by atoms with van der Waals surface area (Å²) in [7, 11) is 1.58. The number of nitrogens with zero attached hydrogens (tertiary/aromatic N) is 1. The summed E-state index contributed by atoms with van der Waals surface area (Å²) in [5.41, 5.74) is 5.00. The Morgan fingerprint density at radius 3 is 2.76 bits per heavy atom. The molecule has 0 fully saturated rings. The van der Waals surface area contributed by atoms with E-state index in [1.54, 1.807) is 33.9 Å². The van der Waals surface area contributed by atoms with Crippen molar-refractivity contribution in [2.75, 3.05) is 13.7 Å². The lowest BCUT2D eigenvalue weighted by molar-refractivity contribution is 0.0525. The lowest BCUT2D eigenvalue weighted by Crippen LogP contribution is -2.19. The number of ether oxygens (including phenoxy) is 2. The predicted molar refractivity (Wildman–Crippen MR) is 94.3 cm³/mol. The van der Waals surface area contributed by atoms with E-state index < -0.39 is 11.9 Å². The van der Waals surface area contributed by atoms with Crippen molar-refractivity contribution in [3.05, 3.63) is 52.3 Å². The third kappa shape index (κ3) is 4.26. The lowest BCUT2D eigenvalue weighted by atomic mass is 10.1. The molecule has 1 amide bonds. The zero-order chi connectivity index (χ0) is 18.4. The Bertz CT molecular complexity index is 809. The molecule has 0 aliphatic rings. The number of aryl methyl sites for hydroxylation is 1. The van der Waals surface area contributed by atoms with Crippen molar-refractivity contribution in [3.8, 4) is 5.75 Å². The van der Waals surface area contributed by atoms with Crippen LogP contribution in [0.2, 0.25) is 0 Å². The number of aromatic amines is 1. The predicted octanol–water partition coefficient (Wildman–Crippen LogP) is 2.58. The molecule has 7 heteroatoms. The van der Waals surface area contributed by atoms with Gasteiger partial charge in [0.15, 0.2) is 0 Å². The first kappa shape index (κ1) is 18.3. The number of amides is 1. The van der Waals surface area contributed by atoms with Crippen LogP contribution in [-0.4, -0.2) is 36.8 Å². The van der Waals surface area contributed by atoms with Gasteiger partial charge >= 0.3 is 5.97 Å². The number of hydrogen-bond donors (Lipinski definition) is 2. The smallest absolute Gasteiger partial charge is 0.340 e. The number of esters is 1. The average molecular weight is 343 g/mol. The maximum absolute atomic E-state index is 12.3. The van der Waals surface area contributed by atoms with Crippen LogP contribution in [0.3, 0.4) is 0 Å². The third-order valence-corrected chi connectivity index (χ3v) is 3.62. The van der Waals surface area contributed by atoms with Crippen molar-refractivity contribution >= 4 is 18.1 Å². The van der Waals surface area contributed by atoms with Crippen LogP contribution in [0, 0.1) is 13.8 Å². The van der Waals surface area contributed by atoms with Gasteiger partial charge in [-0.3, -0.25) is 4.79 Å². The summed E-state index contributed by atoms with van der Waals surface area (Å²) in [4.78, 5) is 27.2. The van der Waals surface area contributed by atoms with Crippen molar-refractivity contribution in [2.45, 2.75) is 20.8 Å². The quantitative estimate of drug-likeness (QED) is 0.479. The second kappa shape index (κ2) is 8.14. The van der Waals surface area contributed by atoms with E-state index in [0.717, 1.165) is 5.56 Å². The molecule has 0 aliphatic heterocycles. The topological polar surface area (TPSA) is 92.8 Å². The van der Waals surface area contributed by atoms with Crippen molar-refractivity contribution in [3.63, 3.8) is 0 Å². The van der Waals surface area contributed by atoms with Crippen molar-refractivity contribution < 1.29 is 19.1 Å². The van der Waals surface area contributed by atoms with E-state index in [-0.39, 0.29) is 12.3 Å². The van der Waals surface area contributed by atoms with Gasteiger partial charge in [-0.15, -0.1) is 0 Å². The molecule has 0 bridgehead atoms. The fourth-order valence-corrected chi connectivity index (χ4v) is 2.43. The van der Waals surface area contributed by atoms with Crippen molar-refractivity contribution in [1.29, 1.82) is 0 Å². The van der Waals surface area contributed by atoms with E-state index in [1.165, 1.54) is 6.21 Å². The molecule has 0 saturated heterocycles. The first-order valence-electron chi connectivity index (χ1n) is 7.81. The Morgan fingerprint density at radius 1 is 1.32 bits per heavy atom. The first-order chi connectivity index (χ1) is 12.0. The van der Waals surface area contributed by atoms with Gasteiger partial charge in [-0.25, -0.2) is 10.2 Å². The molecule has 0 spiro atoms. The number of methoxy groups -OCH3 is 1. The summed E-state index contributed by atoms with van der Waals surface area (Å²) >= 11 is 0. The number of rotatable bonds is 6. The summed E-state index contributed by atoms with van der Waals surface area (Å²) < 4.78 is 10.1. The van der Waals surface area contributed by atoms with Gasteiger partial charge in [0, 0.05) is 5.69 Å². The van der Waals surface area contributed by atoms with Gasteiger partial charge in [0.05, 0.1) is 25.5 Å². The summed E-state index contributed by atoms with van der Waals surface area (Å²) in [5, 5.41) is 3.94. The number of nitrogens with one attached hydrogen (secondary N) is 2. The Kier molecular flexibility index (Phi) is 5.94. The summed E-state index contributed by atoms with van der Waals surface area (Å²) in [5.74, 6) is -0.187. The Hall–Kier alpha value is -3.09. The van der Waals surface area contributed by atoms with Gasteiger partial charge in [0.1, 0.15) is 11.4 Å². The van der Waals surface area contributed by atoms with Gasteiger partial charge in [0.25, 0.3) is 5.91 Å². The number of hydrogen-bond acceptors (Lipinski definition) is 5.